The van der Waals surface area contributed by atoms with E-state index in [1.54, 1.807) is 12.1 Å². The first-order valence-corrected chi connectivity index (χ1v) is 11.5. The Morgan fingerprint density at radius 2 is 1.76 bits per heavy atom. The predicted octanol–water partition coefficient (Wildman–Crippen LogP) is 1.01. The third-order valence-corrected chi connectivity index (χ3v) is 6.82. The number of amides is 1. The van der Waals surface area contributed by atoms with Crippen LogP contribution in [0.15, 0.2) is 29.2 Å². The fraction of sp³-hybridized carbons (Fsp3) is 0.600. The van der Waals surface area contributed by atoms with Crippen molar-refractivity contribution in [3.63, 3.8) is 0 Å². The molecule has 1 heterocycles. The largest absolute Gasteiger partial charge is 0.469 e. The lowest BCUT2D eigenvalue weighted by Crippen LogP contribution is -2.51. The molecule has 1 aromatic rings. The number of nitrogens with one attached hydrogen (secondary N) is 1. The van der Waals surface area contributed by atoms with Gasteiger partial charge in [-0.3, -0.25) is 14.5 Å². The van der Waals surface area contributed by atoms with E-state index in [2.05, 4.69) is 17.0 Å². The van der Waals surface area contributed by atoms with Crippen LogP contribution in [0.5, 0.6) is 0 Å². The molecule has 0 radical (unpaired) electrons. The number of ether oxygens (including phenoxy) is 1. The van der Waals surface area contributed by atoms with E-state index < -0.39 is 10.0 Å². The molecular formula is C20H31N3O5S. The van der Waals surface area contributed by atoms with Crippen molar-refractivity contribution >= 4 is 21.9 Å². The van der Waals surface area contributed by atoms with E-state index in [0.29, 0.717) is 44.0 Å². The van der Waals surface area contributed by atoms with E-state index in [1.165, 1.54) is 11.4 Å². The van der Waals surface area contributed by atoms with E-state index in [9.17, 15) is 18.0 Å². The molecule has 2 rings (SSSR count). The molecule has 0 atom stereocenters. The van der Waals surface area contributed by atoms with Crippen molar-refractivity contribution in [3.05, 3.63) is 29.8 Å². The molecule has 1 amide bonds. The van der Waals surface area contributed by atoms with Crippen LogP contribution in [-0.4, -0.2) is 75.9 Å². The molecule has 1 aliphatic rings. The van der Waals surface area contributed by atoms with Crippen LogP contribution in [0.2, 0.25) is 0 Å². The number of carbonyl (C=O) groups excluding carboxylic acids is 2. The predicted molar refractivity (Wildman–Crippen MR) is 110 cm³/mol. The summed E-state index contributed by atoms with van der Waals surface area (Å²) in [6.07, 6.45) is 2.75. The average Bonchev–Trinajstić information content (AvgIpc) is 2.72. The summed E-state index contributed by atoms with van der Waals surface area (Å²) in [6.45, 7) is 4.44. The summed E-state index contributed by atoms with van der Waals surface area (Å²) in [7, 11) is -2.18. The minimum Gasteiger partial charge on any atom is -0.469 e. The highest BCUT2D eigenvalue weighted by molar-refractivity contribution is 7.89. The van der Waals surface area contributed by atoms with Crippen molar-refractivity contribution in [3.8, 4) is 0 Å². The average molecular weight is 426 g/mol. The maximum atomic E-state index is 12.8. The van der Waals surface area contributed by atoms with Crippen LogP contribution in [0.4, 0.5) is 0 Å². The molecule has 1 aromatic carbocycles. The molecule has 1 aliphatic heterocycles. The zero-order valence-corrected chi connectivity index (χ0v) is 18.0. The summed E-state index contributed by atoms with van der Waals surface area (Å²) < 4.78 is 31.7. The van der Waals surface area contributed by atoms with Crippen molar-refractivity contribution in [1.29, 1.82) is 0 Å². The topological polar surface area (TPSA) is 96.0 Å². The smallest absolute Gasteiger partial charge is 0.305 e. The number of hydrogen-bond donors (Lipinski definition) is 1. The molecule has 1 fully saturated rings. The van der Waals surface area contributed by atoms with Gasteiger partial charge in [0.25, 0.3) is 0 Å². The number of methoxy groups -OCH3 is 1. The lowest BCUT2D eigenvalue weighted by Gasteiger charge is -2.33. The number of benzene rings is 1. The minimum absolute atomic E-state index is 0.127. The van der Waals surface area contributed by atoms with Gasteiger partial charge < -0.3 is 10.1 Å². The fourth-order valence-corrected chi connectivity index (χ4v) is 4.64. The Labute approximate surface area is 173 Å². The van der Waals surface area contributed by atoms with Crippen LogP contribution < -0.4 is 5.32 Å². The Kier molecular flexibility index (Phi) is 9.06. The molecule has 0 aromatic heterocycles. The van der Waals surface area contributed by atoms with E-state index in [-0.39, 0.29) is 24.8 Å². The summed E-state index contributed by atoms with van der Waals surface area (Å²) in [6, 6.07) is 7.09. The second kappa shape index (κ2) is 11.3. The Balaban J connectivity index is 1.77. The summed E-state index contributed by atoms with van der Waals surface area (Å²) in [4.78, 5) is 25.3. The molecule has 1 saturated heterocycles. The SMILES string of the molecule is CCCc1ccc(S(=O)(=O)N2CCN(CC(=O)NCCCC(=O)OC)CC2)cc1. The Morgan fingerprint density at radius 3 is 2.34 bits per heavy atom. The third kappa shape index (κ3) is 7.09. The standard InChI is InChI=1S/C20H31N3O5S/c1-3-5-17-7-9-18(10-8-17)29(26,27)23-14-12-22(13-15-23)16-19(24)21-11-4-6-20(25)28-2/h7-10H,3-6,11-16H2,1-2H3,(H,21,24). The first-order valence-electron chi connectivity index (χ1n) is 10.0. The van der Waals surface area contributed by atoms with Crippen LogP contribution in [0.1, 0.15) is 31.7 Å². The monoisotopic (exact) mass is 425 g/mol. The highest BCUT2D eigenvalue weighted by Gasteiger charge is 2.28. The minimum atomic E-state index is -3.51. The van der Waals surface area contributed by atoms with Crippen LogP contribution >= 0.6 is 0 Å². The molecule has 0 saturated carbocycles. The van der Waals surface area contributed by atoms with Gasteiger partial charge in [0.15, 0.2) is 0 Å². The molecule has 9 heteroatoms. The maximum Gasteiger partial charge on any atom is 0.305 e. The Hall–Kier alpha value is -1.97. The molecular weight excluding hydrogens is 394 g/mol. The quantitative estimate of drug-likeness (QED) is 0.444. The van der Waals surface area contributed by atoms with Crippen LogP contribution in [0, 0.1) is 0 Å². The van der Waals surface area contributed by atoms with Gasteiger partial charge >= 0.3 is 5.97 Å². The second-order valence-electron chi connectivity index (χ2n) is 7.10. The number of sulfonamides is 1. The molecule has 8 nitrogen and oxygen atoms in total. The Bertz CT molecular complexity index is 772. The van der Waals surface area contributed by atoms with Crippen molar-refractivity contribution < 1.29 is 22.7 Å². The number of carbonyl (C=O) groups is 2. The van der Waals surface area contributed by atoms with Gasteiger partial charge in [-0.15, -0.1) is 0 Å². The molecule has 1 N–H and O–H groups in total. The van der Waals surface area contributed by atoms with E-state index in [4.69, 9.17) is 0 Å². The van der Waals surface area contributed by atoms with Crippen molar-refractivity contribution in [2.75, 3.05) is 46.4 Å². The molecule has 0 spiro atoms. The first-order chi connectivity index (χ1) is 13.9. The van der Waals surface area contributed by atoms with E-state index >= 15 is 0 Å². The summed E-state index contributed by atoms with van der Waals surface area (Å²) in [5, 5.41) is 2.77. The number of piperazine rings is 1. The number of aryl methyl sites for hydroxylation is 1. The third-order valence-electron chi connectivity index (χ3n) is 4.91. The van der Waals surface area contributed by atoms with Crippen LogP contribution in [-0.2, 0) is 30.8 Å². The van der Waals surface area contributed by atoms with Crippen LogP contribution in [0.25, 0.3) is 0 Å². The van der Waals surface area contributed by atoms with Gasteiger partial charge in [0.05, 0.1) is 18.6 Å². The summed E-state index contributed by atoms with van der Waals surface area (Å²) in [5.74, 6) is -0.422. The molecule has 29 heavy (non-hydrogen) atoms. The molecule has 162 valence electrons. The van der Waals surface area contributed by atoms with Gasteiger partial charge in [0.2, 0.25) is 15.9 Å². The number of hydrogen-bond acceptors (Lipinski definition) is 6. The van der Waals surface area contributed by atoms with Crippen LogP contribution in [0.3, 0.4) is 0 Å². The van der Waals surface area contributed by atoms with Gasteiger partial charge in [-0.1, -0.05) is 25.5 Å². The zero-order chi connectivity index (χ0) is 21.3. The number of esters is 1. The highest BCUT2D eigenvalue weighted by Crippen LogP contribution is 2.18. The lowest BCUT2D eigenvalue weighted by atomic mass is 10.1. The first kappa shape index (κ1) is 23.3. The van der Waals surface area contributed by atoms with Gasteiger partial charge in [0.1, 0.15) is 0 Å². The maximum absolute atomic E-state index is 12.8. The fourth-order valence-electron chi connectivity index (χ4n) is 3.22. The van der Waals surface area contributed by atoms with Gasteiger partial charge in [-0.05, 0) is 30.5 Å². The second-order valence-corrected chi connectivity index (χ2v) is 9.04. The van der Waals surface area contributed by atoms with Gasteiger partial charge in [0, 0.05) is 39.1 Å². The summed E-state index contributed by atoms with van der Waals surface area (Å²) in [5.41, 5.74) is 1.13. The lowest BCUT2D eigenvalue weighted by molar-refractivity contribution is -0.140. The molecule has 0 bridgehead atoms. The number of nitrogens with zero attached hydrogens (tertiary/aromatic N) is 2. The van der Waals surface area contributed by atoms with E-state index in [1.807, 2.05) is 17.0 Å². The summed E-state index contributed by atoms with van der Waals surface area (Å²) >= 11 is 0. The van der Waals surface area contributed by atoms with Gasteiger partial charge in [-0.2, -0.15) is 4.31 Å². The van der Waals surface area contributed by atoms with Crippen molar-refractivity contribution in [2.45, 2.75) is 37.5 Å². The zero-order valence-electron chi connectivity index (χ0n) is 17.2. The van der Waals surface area contributed by atoms with Crippen molar-refractivity contribution in [2.24, 2.45) is 0 Å². The Morgan fingerprint density at radius 1 is 1.10 bits per heavy atom. The molecule has 0 unspecified atom stereocenters. The van der Waals surface area contributed by atoms with E-state index in [0.717, 1.165) is 18.4 Å². The van der Waals surface area contributed by atoms with Crippen molar-refractivity contribution in [1.82, 2.24) is 14.5 Å². The number of rotatable bonds is 10. The normalized spacial score (nSPS) is 15.8. The molecule has 0 aliphatic carbocycles. The highest BCUT2D eigenvalue weighted by atomic mass is 32.2. The van der Waals surface area contributed by atoms with Gasteiger partial charge in [-0.25, -0.2) is 8.42 Å².